The van der Waals surface area contributed by atoms with Gasteiger partial charge in [-0.05, 0) is 280 Å². The van der Waals surface area contributed by atoms with Gasteiger partial charge in [0.1, 0.15) is 0 Å². The van der Waals surface area contributed by atoms with E-state index in [-0.39, 0.29) is 315 Å². The van der Waals surface area contributed by atoms with Crippen LogP contribution in [0.3, 0.4) is 0 Å². The first-order valence-corrected chi connectivity index (χ1v) is 36.1. The van der Waals surface area contributed by atoms with Crippen LogP contribution in [-0.4, -0.2) is 398 Å². The van der Waals surface area contributed by atoms with E-state index in [0.29, 0.717) is 12.5 Å². The molecule has 33 heteroatoms. The summed E-state index contributed by atoms with van der Waals surface area (Å²) in [6.45, 7) is 61.1. The Morgan fingerprint density at radius 3 is 0.664 bits per heavy atom. The number of aliphatic hydroxyl groups excluding tert-OH is 5. The monoisotopic (exact) mass is 3380 g/mol. The van der Waals surface area contributed by atoms with Gasteiger partial charge >= 0.3 is 0 Å². The quantitative estimate of drug-likeness (QED) is 0.0309. The Kier molecular flexibility index (Phi) is 173. The molecule has 0 aromatic rings. The Bertz CT molecular complexity index is 1520. The van der Waals surface area contributed by atoms with Crippen molar-refractivity contribution in [3.05, 3.63) is 0 Å². The first kappa shape index (κ1) is 173. The van der Waals surface area contributed by atoms with E-state index >= 15 is 0 Å². The zero-order valence-corrected chi connectivity index (χ0v) is 117. The van der Waals surface area contributed by atoms with Gasteiger partial charge in [-0.1, -0.05) is 76.2 Å². The van der Waals surface area contributed by atoms with Crippen molar-refractivity contribution in [2.75, 3.05) is 224 Å². The molecule has 7 atom stereocenters. The van der Waals surface area contributed by atoms with Crippen LogP contribution in [0.2, 0.25) is 0 Å². The summed E-state index contributed by atoms with van der Waals surface area (Å²) >= 11 is 0. The fourth-order valence-electron chi connectivity index (χ4n) is 8.14. The molecule has 107 heavy (non-hydrogen) atoms. The van der Waals surface area contributed by atoms with E-state index in [2.05, 4.69) is 70.9 Å². The molecule has 0 spiro atoms. The molecule has 0 saturated carbocycles. The molecule has 0 radical (unpaired) electrons. The third-order valence-electron chi connectivity index (χ3n) is 13.6. The molecule has 0 fully saturated rings. The number of hydrogen-bond acceptors (Lipinski definition) is 22. The molecule has 0 amide bonds. The number of hydrogen-bond donors (Lipinski definition) is 11. The van der Waals surface area contributed by atoms with Crippen molar-refractivity contribution in [3.8, 4) is 0 Å². The van der Waals surface area contributed by atoms with Crippen molar-refractivity contribution in [1.82, 2.24) is 53.9 Å². The predicted octanol–water partition coefficient (Wildman–Crippen LogP) is 6.46. The molecule has 0 bridgehead atoms. The summed E-state index contributed by atoms with van der Waals surface area (Å²) in [7, 11) is 31.6. The maximum Gasteiger partial charge on any atom is 0.0768 e. The molecule has 7 unspecified atom stereocenters. The summed E-state index contributed by atoms with van der Waals surface area (Å²) in [5.74, 6) is 0.375. The van der Waals surface area contributed by atoms with Gasteiger partial charge in [-0.2, -0.15) is 0 Å². The maximum atomic E-state index is 9.76. The third-order valence-corrected chi connectivity index (χ3v) is 13.6. The topological polar surface area (TPSA) is 258 Å². The standard InChI is InChI=1S/2C8H19NO.5C7H17NO.3C6H15NO.C5H13NO.11Hf/c1-5-8(10,6-2)7-9(3)4;1-5-9(6-2)7-8(3,4)10;1-7(2,9)5-6-8(3)4;1-6(7(2)9)5-8(3)4;1-5-7(2,9)6-8(3)4;1-5-8(4)6-7(2,3)9;1-4-8(5-2)6-7(3)9;1-6(2,8)5-7(3)4;1-4-6(8)5-7(2)3;1-4-7(3)5-6(2)8;1-5(7)4-6(2)3;;;;;;;;;;;/h2*10H,5-7H2,1-4H3;9H,5-6H2,1-4H3;6-7,9H,5H2,1-4H3;2*9H,5-6H2,1-4H3;7,9H,4-6H2,1-3H3;8H,5H2,1-4H3;2*6,8H,4-5H2,1-3H3;5,7H,4H2,1-3H3;;;;;;;;;;;. The zero-order valence-electron chi connectivity index (χ0n) is 77.4. The van der Waals surface area contributed by atoms with E-state index in [1.165, 1.54) is 0 Å². The Morgan fingerprint density at radius 2 is 0.579 bits per heavy atom. The summed E-state index contributed by atoms with van der Waals surface area (Å²) in [5.41, 5.74) is -3.14. The number of aliphatic hydroxyl groups is 11. The van der Waals surface area contributed by atoms with E-state index in [1.807, 2.05) is 234 Å². The Hall–Kier alpha value is 8.69. The van der Waals surface area contributed by atoms with Crippen molar-refractivity contribution < 1.29 is 340 Å². The van der Waals surface area contributed by atoms with Crippen molar-refractivity contribution >= 4 is 0 Å². The summed E-state index contributed by atoms with van der Waals surface area (Å²) in [6, 6.07) is 0. The number of nitrogens with zero attached hydrogens (tertiary/aromatic N) is 11. The SMILES string of the molecule is CC(O)C(C)CN(C)C.CC(O)CN(C)C.CCC(C)(O)CN(C)C.CCC(O)(CC)CN(C)C.CCC(O)CN(C)C.CCN(C)CC(C)(C)O.CCN(C)CC(C)O.CCN(CC)CC(C)(C)O.CCN(CC)CC(C)O.CN(C)CC(C)(C)O.CN(C)CCC(C)(C)O.[Hf].[Hf].[Hf].[Hf].[Hf].[Hf].[Hf].[Hf].[Hf].[Hf].[Hf]. The van der Waals surface area contributed by atoms with Gasteiger partial charge in [-0.15, -0.1) is 0 Å². The van der Waals surface area contributed by atoms with Gasteiger partial charge in [0.25, 0.3) is 0 Å². The first-order chi connectivity index (χ1) is 43.0. The molecule has 0 aromatic carbocycles. The van der Waals surface area contributed by atoms with Gasteiger partial charge in [-0.3, -0.25) is 0 Å². The minimum atomic E-state index is -0.552. The van der Waals surface area contributed by atoms with Gasteiger partial charge in [0.15, 0.2) is 0 Å². The minimum absolute atomic E-state index is 0. The molecule has 0 heterocycles. The van der Waals surface area contributed by atoms with Gasteiger partial charge in [0, 0.05) is 356 Å². The average Bonchev–Trinajstić information content (AvgIpc) is 0.931. The molecule has 642 valence electrons. The van der Waals surface area contributed by atoms with Crippen molar-refractivity contribution in [2.45, 2.75) is 262 Å². The van der Waals surface area contributed by atoms with E-state index < -0.39 is 33.6 Å². The van der Waals surface area contributed by atoms with Crippen LogP contribution in [-0.2, 0) is 284 Å². The van der Waals surface area contributed by atoms with Crippen LogP contribution in [0.25, 0.3) is 0 Å². The number of rotatable bonds is 34. The zero-order chi connectivity index (χ0) is 79.4. The summed E-state index contributed by atoms with van der Waals surface area (Å²) in [6.07, 6.45) is 3.24. The van der Waals surface area contributed by atoms with E-state index in [0.717, 1.165) is 137 Å². The van der Waals surface area contributed by atoms with Gasteiger partial charge in [-0.25, -0.2) is 0 Å². The molecule has 0 saturated heterocycles. The molecule has 22 nitrogen and oxygen atoms in total. The first-order valence-electron chi connectivity index (χ1n) is 36.1. The van der Waals surface area contributed by atoms with Crippen molar-refractivity contribution in [2.24, 2.45) is 5.92 Å². The largest absolute Gasteiger partial charge is 0.393 e. The molecular weight excluding hydrogens is 3180 g/mol. The Labute approximate surface area is 874 Å². The molecule has 11 N–H and O–H groups in total. The van der Waals surface area contributed by atoms with Crippen LogP contribution in [0, 0.1) is 5.92 Å². The summed E-state index contributed by atoms with van der Waals surface area (Å²) in [5, 5.41) is 101. The predicted molar refractivity (Wildman–Crippen MR) is 420 cm³/mol. The van der Waals surface area contributed by atoms with Gasteiger partial charge in [0.05, 0.1) is 64.1 Å². The summed E-state index contributed by atoms with van der Waals surface area (Å²) < 4.78 is 0. The van der Waals surface area contributed by atoms with Crippen LogP contribution in [0.5, 0.6) is 0 Å². The maximum absolute atomic E-state index is 9.76. The van der Waals surface area contributed by atoms with Gasteiger partial charge < -0.3 is 110 Å². The molecule has 0 aliphatic rings. The van der Waals surface area contributed by atoms with Crippen LogP contribution in [0.15, 0.2) is 0 Å². The second kappa shape index (κ2) is 107. The van der Waals surface area contributed by atoms with Crippen LogP contribution in [0.1, 0.15) is 198 Å². The molecule has 0 aliphatic carbocycles. The van der Waals surface area contributed by atoms with Crippen LogP contribution >= 0.6 is 0 Å². The second-order valence-electron chi connectivity index (χ2n) is 31.0. The average molecular weight is 3360 g/mol. The second-order valence-corrected chi connectivity index (χ2v) is 31.0. The van der Waals surface area contributed by atoms with Gasteiger partial charge in [0.2, 0.25) is 0 Å². The molecule has 0 aromatic heterocycles. The normalized spacial score (nSPS) is 12.8. The molecule has 0 aliphatic heterocycles. The fraction of sp³-hybridized carbons (Fsp3) is 1.00. The third kappa shape index (κ3) is 194. The van der Waals surface area contributed by atoms with Crippen LogP contribution < -0.4 is 0 Å². The Morgan fingerprint density at radius 1 is 0.280 bits per heavy atom. The Balaban J connectivity index is -0.0000000368. The smallest absolute Gasteiger partial charge is 0.0768 e. The fourth-order valence-corrected chi connectivity index (χ4v) is 8.14. The minimum Gasteiger partial charge on any atom is -0.393 e. The summed E-state index contributed by atoms with van der Waals surface area (Å²) in [4.78, 5) is 22.6. The van der Waals surface area contributed by atoms with E-state index in [1.54, 1.807) is 27.7 Å². The molecular formula is C74H181Hf11N11O11. The number of likely N-dealkylation sites (N-methyl/N-ethyl adjacent to an activating group) is 9. The molecule has 0 rings (SSSR count). The van der Waals surface area contributed by atoms with Crippen molar-refractivity contribution in [1.29, 1.82) is 0 Å². The van der Waals surface area contributed by atoms with Crippen LogP contribution in [0.4, 0.5) is 0 Å². The van der Waals surface area contributed by atoms with Crippen molar-refractivity contribution in [3.63, 3.8) is 0 Å². The van der Waals surface area contributed by atoms with E-state index in [9.17, 15) is 25.5 Å². The van der Waals surface area contributed by atoms with E-state index in [4.69, 9.17) is 30.6 Å².